The van der Waals surface area contributed by atoms with Crippen LogP contribution in [-0.2, 0) is 11.0 Å². The summed E-state index contributed by atoms with van der Waals surface area (Å²) in [6.45, 7) is 2.44. The zero-order valence-corrected chi connectivity index (χ0v) is 16.2. The second kappa shape index (κ2) is 9.32. The molecule has 0 unspecified atom stereocenters. The number of nitrogens with zero attached hydrogens (tertiary/aromatic N) is 3. The Morgan fingerprint density at radius 2 is 1.82 bits per heavy atom. The molecule has 0 spiro atoms. The molecule has 1 saturated heterocycles. The number of thioether (sulfide) groups is 1. The number of benzene rings is 1. The molecule has 1 aliphatic heterocycles. The molecule has 150 valence electrons. The summed E-state index contributed by atoms with van der Waals surface area (Å²) in [6.07, 6.45) is -2.28. The van der Waals surface area contributed by atoms with Crippen LogP contribution in [0.2, 0.25) is 0 Å². The highest BCUT2D eigenvalue weighted by Crippen LogP contribution is 2.29. The third kappa shape index (κ3) is 5.64. The van der Waals surface area contributed by atoms with Gasteiger partial charge in [-0.05, 0) is 30.7 Å². The van der Waals surface area contributed by atoms with Gasteiger partial charge < -0.3 is 9.80 Å². The largest absolute Gasteiger partial charge is 0.417 e. The van der Waals surface area contributed by atoms with Gasteiger partial charge in [0.25, 0.3) is 0 Å². The molecule has 0 aliphatic carbocycles. The Bertz CT molecular complexity index is 769. The molecular formula is C20H22F3N3OS. The van der Waals surface area contributed by atoms with Crippen LogP contribution in [0.1, 0.15) is 18.4 Å². The Balaban J connectivity index is 1.49. The summed E-state index contributed by atoms with van der Waals surface area (Å²) in [6, 6.07) is 12.4. The van der Waals surface area contributed by atoms with Crippen molar-refractivity contribution in [1.29, 1.82) is 0 Å². The van der Waals surface area contributed by atoms with Gasteiger partial charge in [0, 0.05) is 49.4 Å². The molecule has 0 N–H and O–H groups in total. The normalized spacial score (nSPS) is 15.4. The van der Waals surface area contributed by atoms with Crippen LogP contribution in [0.25, 0.3) is 0 Å². The van der Waals surface area contributed by atoms with Gasteiger partial charge in [-0.15, -0.1) is 11.8 Å². The van der Waals surface area contributed by atoms with Gasteiger partial charge in [0.05, 0.1) is 5.56 Å². The third-order valence-electron chi connectivity index (χ3n) is 4.58. The van der Waals surface area contributed by atoms with Crippen molar-refractivity contribution in [2.75, 3.05) is 36.8 Å². The van der Waals surface area contributed by atoms with Crippen LogP contribution >= 0.6 is 11.8 Å². The molecular weight excluding hydrogens is 387 g/mol. The molecule has 0 bridgehead atoms. The minimum Gasteiger partial charge on any atom is -0.355 e. The van der Waals surface area contributed by atoms with E-state index in [-0.39, 0.29) is 5.91 Å². The van der Waals surface area contributed by atoms with E-state index in [9.17, 15) is 18.0 Å². The SMILES string of the molecule is O=C(CCSc1ccccc1)N1CCCN(c2ccc(C(F)(F)F)cn2)CC1. The maximum atomic E-state index is 12.7. The minimum atomic E-state index is -4.38. The molecule has 0 atom stereocenters. The molecule has 1 aliphatic rings. The number of pyridine rings is 1. The molecule has 1 amide bonds. The first-order chi connectivity index (χ1) is 13.4. The number of hydrogen-bond acceptors (Lipinski definition) is 4. The maximum absolute atomic E-state index is 12.7. The molecule has 2 heterocycles. The number of hydrogen-bond donors (Lipinski definition) is 0. The molecule has 0 radical (unpaired) electrons. The molecule has 1 fully saturated rings. The summed E-state index contributed by atoms with van der Waals surface area (Å²) < 4.78 is 38.0. The molecule has 0 saturated carbocycles. The van der Waals surface area contributed by atoms with E-state index in [0.717, 1.165) is 29.3 Å². The highest BCUT2D eigenvalue weighted by Gasteiger charge is 2.31. The predicted octanol–water partition coefficient (Wildman–Crippen LogP) is 4.32. The molecule has 1 aromatic carbocycles. The average Bonchev–Trinajstić information content (AvgIpc) is 2.94. The van der Waals surface area contributed by atoms with Crippen molar-refractivity contribution in [3.63, 3.8) is 0 Å². The number of anilines is 1. The van der Waals surface area contributed by atoms with Crippen LogP contribution in [0.5, 0.6) is 0 Å². The van der Waals surface area contributed by atoms with Crippen LogP contribution in [0, 0.1) is 0 Å². The summed E-state index contributed by atoms with van der Waals surface area (Å²) >= 11 is 1.66. The second-order valence-corrected chi connectivity index (χ2v) is 7.70. The third-order valence-corrected chi connectivity index (χ3v) is 5.59. The molecule has 28 heavy (non-hydrogen) atoms. The van der Waals surface area contributed by atoms with E-state index in [2.05, 4.69) is 4.98 Å². The first kappa shape index (κ1) is 20.5. The van der Waals surface area contributed by atoms with Crippen molar-refractivity contribution in [1.82, 2.24) is 9.88 Å². The fourth-order valence-corrected chi connectivity index (χ4v) is 3.93. The van der Waals surface area contributed by atoms with Gasteiger partial charge in [-0.1, -0.05) is 18.2 Å². The smallest absolute Gasteiger partial charge is 0.355 e. The Morgan fingerprint density at radius 1 is 1.04 bits per heavy atom. The summed E-state index contributed by atoms with van der Waals surface area (Å²) in [5.41, 5.74) is -0.751. The van der Waals surface area contributed by atoms with E-state index < -0.39 is 11.7 Å². The van der Waals surface area contributed by atoms with Crippen molar-refractivity contribution < 1.29 is 18.0 Å². The lowest BCUT2D eigenvalue weighted by Crippen LogP contribution is -2.35. The average molecular weight is 409 g/mol. The Hall–Kier alpha value is -2.22. The van der Waals surface area contributed by atoms with Gasteiger partial charge in [-0.2, -0.15) is 13.2 Å². The molecule has 3 rings (SSSR count). The highest BCUT2D eigenvalue weighted by molar-refractivity contribution is 7.99. The van der Waals surface area contributed by atoms with Crippen LogP contribution in [-0.4, -0.2) is 47.7 Å². The van der Waals surface area contributed by atoms with Crippen LogP contribution in [0.3, 0.4) is 0 Å². The second-order valence-electron chi connectivity index (χ2n) is 6.54. The molecule has 1 aromatic heterocycles. The lowest BCUT2D eigenvalue weighted by Gasteiger charge is -2.23. The van der Waals surface area contributed by atoms with E-state index >= 15 is 0 Å². The number of halogens is 3. The number of carbonyl (C=O) groups excluding carboxylic acids is 1. The lowest BCUT2D eigenvalue weighted by atomic mass is 10.2. The predicted molar refractivity (Wildman–Crippen MR) is 104 cm³/mol. The maximum Gasteiger partial charge on any atom is 0.417 e. The first-order valence-corrected chi connectivity index (χ1v) is 10.2. The topological polar surface area (TPSA) is 36.4 Å². The van der Waals surface area contributed by atoms with Crippen LogP contribution < -0.4 is 4.90 Å². The van der Waals surface area contributed by atoms with Crippen LogP contribution in [0.4, 0.5) is 19.0 Å². The molecule has 4 nitrogen and oxygen atoms in total. The number of rotatable bonds is 5. The fourth-order valence-electron chi connectivity index (χ4n) is 3.07. The number of aromatic nitrogens is 1. The van der Waals surface area contributed by atoms with E-state index in [1.807, 2.05) is 40.1 Å². The zero-order valence-electron chi connectivity index (χ0n) is 15.4. The lowest BCUT2D eigenvalue weighted by molar-refractivity contribution is -0.137. The summed E-state index contributed by atoms with van der Waals surface area (Å²) in [5, 5.41) is 0. The first-order valence-electron chi connectivity index (χ1n) is 9.17. The summed E-state index contributed by atoms with van der Waals surface area (Å²) in [4.78, 5) is 21.4. The molecule has 2 aromatic rings. The van der Waals surface area contributed by atoms with Crippen molar-refractivity contribution in [2.45, 2.75) is 23.9 Å². The Kier molecular flexibility index (Phi) is 6.83. The van der Waals surface area contributed by atoms with Crippen molar-refractivity contribution >= 4 is 23.5 Å². The Morgan fingerprint density at radius 3 is 2.50 bits per heavy atom. The summed E-state index contributed by atoms with van der Waals surface area (Å²) in [7, 11) is 0. The van der Waals surface area contributed by atoms with Crippen molar-refractivity contribution in [3.05, 3.63) is 54.2 Å². The number of carbonyl (C=O) groups is 1. The van der Waals surface area contributed by atoms with Gasteiger partial charge in [-0.3, -0.25) is 4.79 Å². The van der Waals surface area contributed by atoms with Gasteiger partial charge in [0.15, 0.2) is 0 Å². The van der Waals surface area contributed by atoms with Gasteiger partial charge in [0.2, 0.25) is 5.91 Å². The summed E-state index contributed by atoms with van der Waals surface area (Å²) in [5.74, 6) is 1.36. The van der Waals surface area contributed by atoms with E-state index in [4.69, 9.17) is 0 Å². The quantitative estimate of drug-likeness (QED) is 0.689. The number of alkyl halides is 3. The monoisotopic (exact) mass is 409 g/mol. The van der Waals surface area contributed by atoms with Gasteiger partial charge in [0.1, 0.15) is 5.82 Å². The van der Waals surface area contributed by atoms with Crippen molar-refractivity contribution in [3.8, 4) is 0 Å². The number of amides is 1. The fraction of sp³-hybridized carbons (Fsp3) is 0.400. The van der Waals surface area contributed by atoms with Crippen LogP contribution in [0.15, 0.2) is 53.6 Å². The molecule has 8 heteroatoms. The highest BCUT2D eigenvalue weighted by atomic mass is 32.2. The zero-order chi connectivity index (χ0) is 20.0. The van der Waals surface area contributed by atoms with Crippen molar-refractivity contribution in [2.24, 2.45) is 0 Å². The Labute approximate surface area is 166 Å². The van der Waals surface area contributed by atoms with E-state index in [1.165, 1.54) is 6.07 Å². The van der Waals surface area contributed by atoms with E-state index in [1.54, 1.807) is 11.8 Å². The standard InChI is InChI=1S/C20H22F3N3OS/c21-20(22,23)16-7-8-18(24-15-16)25-10-4-11-26(13-12-25)19(27)9-14-28-17-5-2-1-3-6-17/h1-3,5-8,15H,4,9-14H2. The van der Waals surface area contributed by atoms with E-state index in [0.29, 0.717) is 38.4 Å². The van der Waals surface area contributed by atoms with Gasteiger partial charge in [-0.25, -0.2) is 4.98 Å². The minimum absolute atomic E-state index is 0.116. The van der Waals surface area contributed by atoms with Gasteiger partial charge >= 0.3 is 6.18 Å².